The summed E-state index contributed by atoms with van der Waals surface area (Å²) in [5.74, 6) is -0.140. The van der Waals surface area contributed by atoms with E-state index in [1.54, 1.807) is 19.9 Å². The molecular weight excluding hydrogens is 266 g/mol. The Morgan fingerprint density at radius 3 is 2.62 bits per heavy atom. The lowest BCUT2D eigenvalue weighted by Crippen LogP contribution is -2.37. The fraction of sp³-hybridized carbons (Fsp3) is 0.312. The molecule has 0 atom stereocenters. The fourth-order valence-corrected chi connectivity index (χ4v) is 2.01. The molecule has 1 aromatic carbocycles. The summed E-state index contributed by atoms with van der Waals surface area (Å²) in [6.45, 7) is 5.85. The van der Waals surface area contributed by atoms with E-state index in [4.69, 9.17) is 4.74 Å². The number of ketones is 1. The standard InChI is InChI=1S/C16H19N3O2/c1-4-21-16(2,3)15(20)14(19-12-17-11-18-19)10-13-8-6-5-7-9-13/h5-12H,4H2,1-3H3. The van der Waals surface area contributed by atoms with E-state index in [1.807, 2.05) is 37.3 Å². The third-order valence-corrected chi connectivity index (χ3v) is 3.05. The van der Waals surface area contributed by atoms with Crippen LogP contribution in [-0.2, 0) is 9.53 Å². The average Bonchev–Trinajstić information content (AvgIpc) is 2.99. The second-order valence-corrected chi connectivity index (χ2v) is 5.05. The Morgan fingerprint density at radius 1 is 1.33 bits per heavy atom. The van der Waals surface area contributed by atoms with Crippen molar-refractivity contribution in [2.75, 3.05) is 6.61 Å². The highest BCUT2D eigenvalue weighted by Crippen LogP contribution is 2.21. The molecule has 0 aliphatic rings. The van der Waals surface area contributed by atoms with Crippen LogP contribution >= 0.6 is 0 Å². The Bertz CT molecular complexity index is 616. The topological polar surface area (TPSA) is 57.0 Å². The second kappa shape index (κ2) is 6.45. The normalized spacial score (nSPS) is 12.4. The SMILES string of the molecule is CCOC(C)(C)C(=O)C(=Cc1ccccc1)n1cncn1. The summed E-state index contributed by atoms with van der Waals surface area (Å²) in [6, 6.07) is 9.63. The third kappa shape index (κ3) is 3.64. The van der Waals surface area contributed by atoms with Crippen LogP contribution in [0.5, 0.6) is 0 Å². The van der Waals surface area contributed by atoms with Crippen molar-refractivity contribution < 1.29 is 9.53 Å². The first-order valence-electron chi connectivity index (χ1n) is 6.85. The second-order valence-electron chi connectivity index (χ2n) is 5.05. The van der Waals surface area contributed by atoms with E-state index in [0.717, 1.165) is 5.56 Å². The van der Waals surface area contributed by atoms with E-state index in [0.29, 0.717) is 12.3 Å². The van der Waals surface area contributed by atoms with Crippen molar-refractivity contribution in [3.63, 3.8) is 0 Å². The van der Waals surface area contributed by atoms with Crippen LogP contribution in [-0.4, -0.2) is 32.8 Å². The molecule has 5 heteroatoms. The molecule has 2 aromatic rings. The molecule has 0 unspecified atom stereocenters. The Balaban J connectivity index is 2.43. The summed E-state index contributed by atoms with van der Waals surface area (Å²) < 4.78 is 7.02. The van der Waals surface area contributed by atoms with Crippen LogP contribution in [0.2, 0.25) is 0 Å². The van der Waals surface area contributed by atoms with Gasteiger partial charge >= 0.3 is 0 Å². The van der Waals surface area contributed by atoms with Crippen molar-refractivity contribution in [1.29, 1.82) is 0 Å². The lowest BCUT2D eigenvalue weighted by Gasteiger charge is -2.24. The molecule has 0 spiro atoms. The lowest BCUT2D eigenvalue weighted by atomic mass is 9.99. The van der Waals surface area contributed by atoms with Crippen molar-refractivity contribution >= 4 is 17.6 Å². The zero-order chi connectivity index (χ0) is 15.3. The number of carbonyl (C=O) groups is 1. The molecule has 0 saturated heterocycles. The number of hydrogen-bond acceptors (Lipinski definition) is 4. The van der Waals surface area contributed by atoms with Crippen LogP contribution in [0.4, 0.5) is 0 Å². The van der Waals surface area contributed by atoms with Gasteiger partial charge in [-0.3, -0.25) is 4.79 Å². The van der Waals surface area contributed by atoms with Gasteiger partial charge in [0.1, 0.15) is 24.0 Å². The number of nitrogens with zero attached hydrogens (tertiary/aromatic N) is 3. The largest absolute Gasteiger partial charge is 0.368 e. The van der Waals surface area contributed by atoms with Gasteiger partial charge in [0.05, 0.1) is 0 Å². The van der Waals surface area contributed by atoms with Crippen LogP contribution in [0.15, 0.2) is 43.0 Å². The first-order chi connectivity index (χ1) is 10.0. The summed E-state index contributed by atoms with van der Waals surface area (Å²) in [6.07, 6.45) is 4.70. The summed E-state index contributed by atoms with van der Waals surface area (Å²) in [7, 11) is 0. The fourth-order valence-electron chi connectivity index (χ4n) is 2.01. The van der Waals surface area contributed by atoms with Gasteiger partial charge in [-0.2, -0.15) is 5.10 Å². The first-order valence-corrected chi connectivity index (χ1v) is 6.85. The molecule has 1 heterocycles. The smallest absolute Gasteiger partial charge is 0.212 e. The number of rotatable bonds is 6. The van der Waals surface area contributed by atoms with Gasteiger partial charge in [0.2, 0.25) is 5.78 Å². The van der Waals surface area contributed by atoms with Gasteiger partial charge in [-0.1, -0.05) is 30.3 Å². The molecule has 5 nitrogen and oxygen atoms in total. The highest BCUT2D eigenvalue weighted by molar-refractivity contribution is 6.23. The molecular formula is C16H19N3O2. The van der Waals surface area contributed by atoms with E-state index in [1.165, 1.54) is 17.3 Å². The summed E-state index contributed by atoms with van der Waals surface area (Å²) in [5, 5.41) is 4.07. The molecule has 1 aromatic heterocycles. The summed E-state index contributed by atoms with van der Waals surface area (Å²) in [5.41, 5.74) is 0.433. The minimum absolute atomic E-state index is 0.140. The maximum atomic E-state index is 12.8. The number of aromatic nitrogens is 3. The minimum atomic E-state index is -0.915. The van der Waals surface area contributed by atoms with Gasteiger partial charge in [-0.25, -0.2) is 9.67 Å². The monoisotopic (exact) mass is 285 g/mol. The van der Waals surface area contributed by atoms with Crippen molar-refractivity contribution in [3.05, 3.63) is 48.5 Å². The number of hydrogen-bond donors (Lipinski definition) is 0. The van der Waals surface area contributed by atoms with Crippen LogP contribution in [0, 0.1) is 0 Å². The van der Waals surface area contributed by atoms with E-state index in [-0.39, 0.29) is 5.78 Å². The Kier molecular flexibility index (Phi) is 4.65. The predicted molar refractivity (Wildman–Crippen MR) is 81.3 cm³/mol. The molecule has 21 heavy (non-hydrogen) atoms. The maximum Gasteiger partial charge on any atom is 0.212 e. The number of Topliss-reactive ketones (excluding diaryl/α,β-unsaturated/α-hetero) is 1. The average molecular weight is 285 g/mol. The molecule has 0 bridgehead atoms. The Morgan fingerprint density at radius 2 is 2.05 bits per heavy atom. The summed E-state index contributed by atoms with van der Waals surface area (Å²) in [4.78, 5) is 16.7. The zero-order valence-electron chi connectivity index (χ0n) is 12.5. The van der Waals surface area contributed by atoms with Crippen LogP contribution in [0.1, 0.15) is 26.3 Å². The van der Waals surface area contributed by atoms with E-state index in [9.17, 15) is 4.79 Å². The van der Waals surface area contributed by atoms with Gasteiger partial charge in [0, 0.05) is 6.61 Å². The Hall–Kier alpha value is -2.27. The molecule has 0 aliphatic heterocycles. The summed E-state index contributed by atoms with van der Waals surface area (Å²) >= 11 is 0. The third-order valence-electron chi connectivity index (χ3n) is 3.05. The van der Waals surface area contributed by atoms with Gasteiger partial charge in [-0.15, -0.1) is 0 Å². The highest BCUT2D eigenvalue weighted by atomic mass is 16.5. The van der Waals surface area contributed by atoms with Gasteiger partial charge in [0.25, 0.3) is 0 Å². The van der Waals surface area contributed by atoms with Crippen LogP contribution in [0.3, 0.4) is 0 Å². The van der Waals surface area contributed by atoms with Crippen molar-refractivity contribution in [2.24, 2.45) is 0 Å². The number of carbonyl (C=O) groups excluding carboxylic acids is 1. The van der Waals surface area contributed by atoms with E-state index >= 15 is 0 Å². The molecule has 0 aliphatic carbocycles. The first kappa shape index (κ1) is 15.1. The molecule has 0 fully saturated rings. The number of ether oxygens (including phenoxy) is 1. The zero-order valence-corrected chi connectivity index (χ0v) is 12.5. The quantitative estimate of drug-likeness (QED) is 0.766. The molecule has 2 rings (SSSR count). The van der Waals surface area contributed by atoms with Gasteiger partial charge < -0.3 is 4.74 Å². The number of benzene rings is 1. The minimum Gasteiger partial charge on any atom is -0.368 e. The van der Waals surface area contributed by atoms with E-state index in [2.05, 4.69) is 10.1 Å². The molecule has 0 N–H and O–H groups in total. The van der Waals surface area contributed by atoms with Gasteiger partial charge in [0.15, 0.2) is 0 Å². The van der Waals surface area contributed by atoms with Gasteiger partial charge in [-0.05, 0) is 32.4 Å². The van der Waals surface area contributed by atoms with Crippen LogP contribution < -0.4 is 0 Å². The maximum absolute atomic E-state index is 12.8. The predicted octanol–water partition coefficient (Wildman–Crippen LogP) is 2.66. The molecule has 0 radical (unpaired) electrons. The van der Waals surface area contributed by atoms with Crippen molar-refractivity contribution in [3.8, 4) is 0 Å². The highest BCUT2D eigenvalue weighted by Gasteiger charge is 2.32. The molecule has 110 valence electrons. The Labute approximate surface area is 124 Å². The van der Waals surface area contributed by atoms with Crippen molar-refractivity contribution in [2.45, 2.75) is 26.4 Å². The molecule has 0 saturated carbocycles. The van der Waals surface area contributed by atoms with E-state index < -0.39 is 5.60 Å². The van der Waals surface area contributed by atoms with Crippen LogP contribution in [0.25, 0.3) is 11.8 Å². The lowest BCUT2D eigenvalue weighted by molar-refractivity contribution is -0.133. The molecule has 0 amide bonds. The van der Waals surface area contributed by atoms with Crippen molar-refractivity contribution in [1.82, 2.24) is 14.8 Å².